The lowest BCUT2D eigenvalue weighted by atomic mass is 10.2. The molecule has 0 aliphatic carbocycles. The second-order valence-corrected chi connectivity index (χ2v) is 7.18. The van der Waals surface area contributed by atoms with Crippen molar-refractivity contribution in [1.82, 2.24) is 9.38 Å². The van der Waals surface area contributed by atoms with Crippen molar-refractivity contribution in [3.63, 3.8) is 0 Å². The zero-order valence-electron chi connectivity index (χ0n) is 16.1. The minimum absolute atomic E-state index is 0.134. The molecule has 2 aromatic heterocycles. The lowest BCUT2D eigenvalue weighted by Crippen LogP contribution is -2.17. The number of pyridine rings is 1. The maximum atomic E-state index is 12.4. The summed E-state index contributed by atoms with van der Waals surface area (Å²) in [7, 11) is 0. The second kappa shape index (κ2) is 8.39. The van der Waals surface area contributed by atoms with Crippen molar-refractivity contribution in [1.29, 1.82) is 0 Å². The molecular formula is C23H18ClN3O3. The number of carbonyl (C=O) groups is 1. The van der Waals surface area contributed by atoms with E-state index in [2.05, 4.69) is 10.3 Å². The third-order valence-electron chi connectivity index (χ3n) is 4.52. The standard InChI is InChI=1S/C23H18ClN3O3/c1-15-4-3-11-27-21(28)13-19(25-22(15)27)14-30-20-6-2-5-18(12-20)26-23(29)16-7-9-17(24)10-8-16/h2-13H,14H2,1H3,(H,26,29). The fourth-order valence-electron chi connectivity index (χ4n) is 3.01. The Morgan fingerprint density at radius 2 is 1.90 bits per heavy atom. The Kier molecular flexibility index (Phi) is 5.50. The first-order valence-corrected chi connectivity index (χ1v) is 9.65. The number of benzene rings is 2. The van der Waals surface area contributed by atoms with Gasteiger partial charge in [0.25, 0.3) is 11.5 Å². The highest BCUT2D eigenvalue weighted by atomic mass is 35.5. The fraction of sp³-hybridized carbons (Fsp3) is 0.0870. The van der Waals surface area contributed by atoms with Crippen LogP contribution in [0, 0.1) is 6.92 Å². The first-order valence-electron chi connectivity index (χ1n) is 9.27. The van der Waals surface area contributed by atoms with Crippen molar-refractivity contribution < 1.29 is 9.53 Å². The van der Waals surface area contributed by atoms with Crippen molar-refractivity contribution in [2.45, 2.75) is 13.5 Å². The van der Waals surface area contributed by atoms with Crippen molar-refractivity contribution >= 4 is 28.8 Å². The van der Waals surface area contributed by atoms with Crippen molar-refractivity contribution in [2.75, 3.05) is 5.32 Å². The minimum Gasteiger partial charge on any atom is -0.487 e. The van der Waals surface area contributed by atoms with E-state index in [9.17, 15) is 9.59 Å². The molecule has 2 aromatic carbocycles. The van der Waals surface area contributed by atoms with Crippen LogP contribution in [0.25, 0.3) is 5.65 Å². The first-order chi connectivity index (χ1) is 14.5. The minimum atomic E-state index is -0.247. The average molecular weight is 420 g/mol. The van der Waals surface area contributed by atoms with Crippen LogP contribution in [0.5, 0.6) is 5.75 Å². The smallest absolute Gasteiger partial charge is 0.258 e. The van der Waals surface area contributed by atoms with Crippen LogP contribution in [-0.2, 0) is 6.61 Å². The highest BCUT2D eigenvalue weighted by Gasteiger charge is 2.08. The number of amides is 1. The molecule has 7 heteroatoms. The monoisotopic (exact) mass is 419 g/mol. The van der Waals surface area contributed by atoms with Crippen LogP contribution in [0.2, 0.25) is 5.02 Å². The molecule has 0 aliphatic heterocycles. The Hall–Kier alpha value is -3.64. The number of carbonyl (C=O) groups excluding carboxylic acids is 1. The van der Waals surface area contributed by atoms with Crippen LogP contribution in [0.3, 0.4) is 0 Å². The molecule has 1 amide bonds. The van der Waals surface area contributed by atoms with E-state index in [0.29, 0.717) is 33.4 Å². The van der Waals surface area contributed by atoms with E-state index >= 15 is 0 Å². The number of fused-ring (bicyclic) bond motifs is 1. The Morgan fingerprint density at radius 1 is 1.10 bits per heavy atom. The van der Waals surface area contributed by atoms with Gasteiger partial charge in [-0.1, -0.05) is 23.7 Å². The molecule has 4 rings (SSSR count). The number of ether oxygens (including phenoxy) is 1. The van der Waals surface area contributed by atoms with E-state index in [1.807, 2.05) is 19.1 Å². The van der Waals surface area contributed by atoms with E-state index in [0.717, 1.165) is 5.56 Å². The van der Waals surface area contributed by atoms with Crippen LogP contribution >= 0.6 is 11.6 Å². The molecule has 0 spiro atoms. The van der Waals surface area contributed by atoms with Crippen molar-refractivity contribution in [2.24, 2.45) is 0 Å². The van der Waals surface area contributed by atoms with Gasteiger partial charge in [-0.05, 0) is 55.0 Å². The lowest BCUT2D eigenvalue weighted by Gasteiger charge is -2.10. The molecule has 0 atom stereocenters. The maximum absolute atomic E-state index is 12.4. The van der Waals surface area contributed by atoms with E-state index in [1.165, 1.54) is 10.5 Å². The molecule has 1 N–H and O–H groups in total. The number of aromatic nitrogens is 2. The number of hydrogen-bond donors (Lipinski definition) is 1. The van der Waals surface area contributed by atoms with Gasteiger partial charge >= 0.3 is 0 Å². The number of anilines is 1. The quantitative estimate of drug-likeness (QED) is 0.517. The Balaban J connectivity index is 1.48. The molecule has 6 nitrogen and oxygen atoms in total. The molecule has 0 aliphatic rings. The number of rotatable bonds is 5. The van der Waals surface area contributed by atoms with Gasteiger partial charge in [-0.15, -0.1) is 0 Å². The summed E-state index contributed by atoms with van der Waals surface area (Å²) in [5.74, 6) is 0.305. The molecule has 0 radical (unpaired) electrons. The van der Waals surface area contributed by atoms with Gasteiger partial charge in [-0.3, -0.25) is 14.0 Å². The number of aryl methyl sites for hydroxylation is 1. The topological polar surface area (TPSA) is 72.7 Å². The summed E-state index contributed by atoms with van der Waals surface area (Å²) in [6.07, 6.45) is 1.69. The Labute approximate surface area is 177 Å². The first kappa shape index (κ1) is 19.7. The van der Waals surface area contributed by atoms with Crippen molar-refractivity contribution in [3.05, 3.63) is 105 Å². The molecule has 0 fully saturated rings. The summed E-state index contributed by atoms with van der Waals surface area (Å²) >= 11 is 5.86. The normalized spacial score (nSPS) is 10.7. The largest absolute Gasteiger partial charge is 0.487 e. The van der Waals surface area contributed by atoms with Crippen LogP contribution in [-0.4, -0.2) is 15.3 Å². The molecule has 2 heterocycles. The van der Waals surface area contributed by atoms with Crippen molar-refractivity contribution in [3.8, 4) is 5.75 Å². The van der Waals surface area contributed by atoms with E-state index < -0.39 is 0 Å². The van der Waals surface area contributed by atoms with Crippen LogP contribution in [0.15, 0.2) is 77.7 Å². The molecular weight excluding hydrogens is 402 g/mol. The molecule has 0 bridgehead atoms. The summed E-state index contributed by atoms with van der Waals surface area (Å²) in [5.41, 5.74) is 2.98. The molecule has 150 valence electrons. The van der Waals surface area contributed by atoms with E-state index in [1.54, 1.807) is 54.7 Å². The summed E-state index contributed by atoms with van der Waals surface area (Å²) in [4.78, 5) is 29.2. The van der Waals surface area contributed by atoms with Crippen LogP contribution in [0.4, 0.5) is 5.69 Å². The summed E-state index contributed by atoms with van der Waals surface area (Å²) in [6, 6.07) is 18.8. The zero-order chi connectivity index (χ0) is 21.1. The summed E-state index contributed by atoms with van der Waals surface area (Å²) in [5, 5.41) is 3.39. The second-order valence-electron chi connectivity index (χ2n) is 6.75. The summed E-state index contributed by atoms with van der Waals surface area (Å²) in [6.45, 7) is 2.04. The lowest BCUT2D eigenvalue weighted by molar-refractivity contribution is 0.102. The number of nitrogens with one attached hydrogen (secondary N) is 1. The number of halogens is 1. The van der Waals surface area contributed by atoms with Crippen LogP contribution < -0.4 is 15.6 Å². The molecule has 0 unspecified atom stereocenters. The number of nitrogens with zero attached hydrogens (tertiary/aromatic N) is 2. The van der Waals surface area contributed by atoms with Gasteiger partial charge in [0.15, 0.2) is 0 Å². The average Bonchev–Trinajstić information content (AvgIpc) is 2.74. The van der Waals surface area contributed by atoms with Gasteiger partial charge in [0, 0.05) is 34.6 Å². The predicted octanol–water partition coefficient (Wildman–Crippen LogP) is 4.49. The third-order valence-corrected chi connectivity index (χ3v) is 4.78. The van der Waals surface area contributed by atoms with Gasteiger partial charge in [0.05, 0.1) is 5.69 Å². The molecule has 0 saturated carbocycles. The number of hydrogen-bond acceptors (Lipinski definition) is 4. The molecule has 4 aromatic rings. The van der Waals surface area contributed by atoms with E-state index in [4.69, 9.17) is 16.3 Å². The zero-order valence-corrected chi connectivity index (χ0v) is 16.9. The third kappa shape index (κ3) is 4.34. The highest BCUT2D eigenvalue weighted by molar-refractivity contribution is 6.30. The van der Waals surface area contributed by atoms with Gasteiger partial charge < -0.3 is 10.1 Å². The maximum Gasteiger partial charge on any atom is 0.258 e. The summed E-state index contributed by atoms with van der Waals surface area (Å²) < 4.78 is 7.31. The fourth-order valence-corrected chi connectivity index (χ4v) is 3.13. The highest BCUT2D eigenvalue weighted by Crippen LogP contribution is 2.20. The van der Waals surface area contributed by atoms with Gasteiger partial charge in [-0.25, -0.2) is 4.98 Å². The SMILES string of the molecule is Cc1cccn2c(=O)cc(COc3cccc(NC(=O)c4ccc(Cl)cc4)c3)nc12. The van der Waals surface area contributed by atoms with Gasteiger partial charge in [0.1, 0.15) is 18.0 Å². The predicted molar refractivity (Wildman–Crippen MR) is 116 cm³/mol. The molecule has 0 saturated heterocycles. The Morgan fingerprint density at radius 3 is 2.70 bits per heavy atom. The van der Waals surface area contributed by atoms with Gasteiger partial charge in [0.2, 0.25) is 0 Å². The van der Waals surface area contributed by atoms with Gasteiger partial charge in [-0.2, -0.15) is 0 Å². The van der Waals surface area contributed by atoms with Crippen LogP contribution in [0.1, 0.15) is 21.6 Å². The molecule has 30 heavy (non-hydrogen) atoms. The Bertz CT molecular complexity index is 1280. The van der Waals surface area contributed by atoms with E-state index in [-0.39, 0.29) is 18.1 Å².